The minimum absolute atomic E-state index is 0.116. The van der Waals surface area contributed by atoms with Gasteiger partial charge in [0.2, 0.25) is 5.91 Å². The van der Waals surface area contributed by atoms with Crippen molar-refractivity contribution in [3.8, 4) is 12.3 Å². The fraction of sp³-hybridized carbons (Fsp3) is 0.143. The number of carboxylic acids is 1. The van der Waals surface area contributed by atoms with E-state index in [2.05, 4.69) is 21.4 Å². The van der Waals surface area contributed by atoms with Crippen LogP contribution >= 0.6 is 11.8 Å². The largest absolute Gasteiger partial charge is 0.481 e. The highest BCUT2D eigenvalue weighted by molar-refractivity contribution is 8.15. The van der Waals surface area contributed by atoms with Crippen LogP contribution < -0.4 is 5.32 Å². The third-order valence-corrected chi connectivity index (χ3v) is 3.75. The van der Waals surface area contributed by atoms with E-state index in [9.17, 15) is 14.0 Å². The SMILES string of the molecule is C#Cc1cccc(F)c1C=NN=C1NC(=O)C(CC(=O)O)S1. The number of terminal acetylenes is 1. The number of carbonyl (C=O) groups excluding carboxylic acids is 1. The van der Waals surface area contributed by atoms with Crippen molar-refractivity contribution in [2.75, 3.05) is 0 Å². The second-order valence-electron chi connectivity index (χ2n) is 4.19. The number of rotatable bonds is 4. The maximum atomic E-state index is 13.6. The molecule has 0 bridgehead atoms. The van der Waals surface area contributed by atoms with Gasteiger partial charge in [0, 0.05) is 11.1 Å². The minimum atomic E-state index is -1.08. The van der Waals surface area contributed by atoms with Crippen molar-refractivity contribution in [3.05, 3.63) is 35.1 Å². The molecule has 1 aromatic rings. The smallest absolute Gasteiger partial charge is 0.305 e. The summed E-state index contributed by atoms with van der Waals surface area (Å²) in [6.07, 6.45) is 6.10. The van der Waals surface area contributed by atoms with Crippen LogP contribution in [0.3, 0.4) is 0 Å². The van der Waals surface area contributed by atoms with E-state index in [1.807, 2.05) is 0 Å². The van der Waals surface area contributed by atoms with Gasteiger partial charge in [0.25, 0.3) is 0 Å². The highest BCUT2D eigenvalue weighted by Gasteiger charge is 2.32. The Balaban J connectivity index is 2.12. The Hall–Kier alpha value is -2.66. The molecule has 22 heavy (non-hydrogen) atoms. The van der Waals surface area contributed by atoms with Crippen LogP contribution in [0.1, 0.15) is 17.5 Å². The first-order valence-electron chi connectivity index (χ1n) is 6.06. The molecule has 1 aromatic carbocycles. The van der Waals surface area contributed by atoms with Crippen LogP contribution in [0.5, 0.6) is 0 Å². The number of amidine groups is 1. The maximum Gasteiger partial charge on any atom is 0.305 e. The minimum Gasteiger partial charge on any atom is -0.481 e. The van der Waals surface area contributed by atoms with Crippen molar-refractivity contribution in [1.29, 1.82) is 0 Å². The van der Waals surface area contributed by atoms with Gasteiger partial charge in [0.15, 0.2) is 5.17 Å². The summed E-state index contributed by atoms with van der Waals surface area (Å²) in [7, 11) is 0. The van der Waals surface area contributed by atoms with E-state index < -0.39 is 22.9 Å². The van der Waals surface area contributed by atoms with E-state index in [1.54, 1.807) is 6.07 Å². The number of benzene rings is 1. The monoisotopic (exact) mass is 319 g/mol. The molecular weight excluding hydrogens is 309 g/mol. The zero-order valence-electron chi connectivity index (χ0n) is 11.1. The number of hydrogen-bond donors (Lipinski definition) is 2. The molecule has 0 aliphatic carbocycles. The molecule has 1 fully saturated rings. The summed E-state index contributed by atoms with van der Waals surface area (Å²) in [4.78, 5) is 22.1. The number of amides is 1. The summed E-state index contributed by atoms with van der Waals surface area (Å²) in [6, 6.07) is 4.29. The van der Waals surface area contributed by atoms with Crippen LogP contribution in [-0.2, 0) is 9.59 Å². The molecule has 1 saturated heterocycles. The first-order valence-corrected chi connectivity index (χ1v) is 6.94. The first kappa shape index (κ1) is 15.7. The number of nitrogens with zero attached hydrogens (tertiary/aromatic N) is 2. The average Bonchev–Trinajstić information content (AvgIpc) is 2.80. The molecule has 2 rings (SSSR count). The summed E-state index contributed by atoms with van der Waals surface area (Å²) in [5.74, 6) is 0.266. The molecule has 1 aliphatic heterocycles. The van der Waals surface area contributed by atoms with Crippen LogP contribution in [-0.4, -0.2) is 33.6 Å². The van der Waals surface area contributed by atoms with Gasteiger partial charge in [-0.25, -0.2) is 4.39 Å². The molecule has 112 valence electrons. The van der Waals surface area contributed by atoms with Crippen LogP contribution in [0.25, 0.3) is 0 Å². The molecule has 2 N–H and O–H groups in total. The number of aliphatic carboxylic acids is 1. The molecule has 0 radical (unpaired) electrons. The molecule has 8 heteroatoms. The van der Waals surface area contributed by atoms with Crippen LogP contribution in [0.4, 0.5) is 4.39 Å². The predicted octanol–water partition coefficient (Wildman–Crippen LogP) is 1.20. The predicted molar refractivity (Wildman–Crippen MR) is 81.1 cm³/mol. The Morgan fingerprint density at radius 1 is 1.59 bits per heavy atom. The Bertz CT molecular complexity index is 725. The van der Waals surface area contributed by atoms with E-state index in [4.69, 9.17) is 11.5 Å². The Kier molecular flexibility index (Phi) is 4.91. The lowest BCUT2D eigenvalue weighted by atomic mass is 10.1. The summed E-state index contributed by atoms with van der Waals surface area (Å²) in [5.41, 5.74) is 0.446. The van der Waals surface area contributed by atoms with E-state index >= 15 is 0 Å². The second-order valence-corrected chi connectivity index (χ2v) is 5.38. The molecule has 0 aromatic heterocycles. The van der Waals surface area contributed by atoms with Gasteiger partial charge in [-0.1, -0.05) is 23.7 Å². The Morgan fingerprint density at radius 2 is 2.36 bits per heavy atom. The molecule has 0 spiro atoms. The number of carbonyl (C=O) groups is 2. The lowest BCUT2D eigenvalue weighted by Gasteiger charge is -1.99. The quantitative estimate of drug-likeness (QED) is 0.496. The standard InChI is InChI=1S/C14H10FN3O3S/c1-2-8-4-3-5-10(15)9(8)7-16-18-14-17-13(21)11(22-14)6-12(19)20/h1,3-5,7,11H,6H2,(H,19,20)(H,17,18,21). The number of nitrogens with one attached hydrogen (secondary N) is 1. The highest BCUT2D eigenvalue weighted by atomic mass is 32.2. The summed E-state index contributed by atoms with van der Waals surface area (Å²) < 4.78 is 13.6. The lowest BCUT2D eigenvalue weighted by Crippen LogP contribution is -2.26. The van der Waals surface area contributed by atoms with Gasteiger partial charge < -0.3 is 10.4 Å². The van der Waals surface area contributed by atoms with E-state index in [0.29, 0.717) is 5.56 Å². The van der Waals surface area contributed by atoms with E-state index in [-0.39, 0.29) is 17.2 Å². The second kappa shape index (κ2) is 6.87. The third kappa shape index (κ3) is 3.71. The van der Waals surface area contributed by atoms with Gasteiger partial charge in [-0.15, -0.1) is 11.5 Å². The molecule has 0 saturated carbocycles. The average molecular weight is 319 g/mol. The van der Waals surface area contributed by atoms with Gasteiger partial charge in [0.1, 0.15) is 11.1 Å². The Morgan fingerprint density at radius 3 is 3.05 bits per heavy atom. The van der Waals surface area contributed by atoms with Crippen molar-refractivity contribution in [2.24, 2.45) is 10.2 Å². The zero-order valence-corrected chi connectivity index (χ0v) is 11.9. The summed E-state index contributed by atoms with van der Waals surface area (Å²) in [6.45, 7) is 0. The van der Waals surface area contributed by atoms with Crippen LogP contribution in [0.2, 0.25) is 0 Å². The van der Waals surface area contributed by atoms with Crippen molar-refractivity contribution in [1.82, 2.24) is 5.32 Å². The summed E-state index contributed by atoms with van der Waals surface area (Å²) >= 11 is 0.957. The number of halogens is 1. The first-order chi connectivity index (χ1) is 10.5. The van der Waals surface area contributed by atoms with Crippen molar-refractivity contribution in [3.63, 3.8) is 0 Å². The van der Waals surface area contributed by atoms with Crippen molar-refractivity contribution >= 4 is 35.0 Å². The molecule has 6 nitrogen and oxygen atoms in total. The third-order valence-electron chi connectivity index (χ3n) is 2.68. The number of hydrogen-bond acceptors (Lipinski definition) is 5. The Labute approximate surface area is 129 Å². The maximum absolute atomic E-state index is 13.6. The van der Waals surface area contributed by atoms with Crippen molar-refractivity contribution < 1.29 is 19.1 Å². The molecule has 1 unspecified atom stereocenters. The molecule has 1 heterocycles. The topological polar surface area (TPSA) is 91.1 Å². The molecule has 1 amide bonds. The lowest BCUT2D eigenvalue weighted by molar-refractivity contribution is -0.138. The van der Waals surface area contributed by atoms with E-state index in [1.165, 1.54) is 12.1 Å². The molecule has 1 aliphatic rings. The fourth-order valence-electron chi connectivity index (χ4n) is 1.68. The van der Waals surface area contributed by atoms with Gasteiger partial charge >= 0.3 is 5.97 Å². The number of thioether (sulfide) groups is 1. The van der Waals surface area contributed by atoms with Crippen LogP contribution in [0, 0.1) is 18.2 Å². The van der Waals surface area contributed by atoms with Gasteiger partial charge in [-0.3, -0.25) is 9.59 Å². The molecular formula is C14H10FN3O3S. The van der Waals surface area contributed by atoms with Crippen molar-refractivity contribution in [2.45, 2.75) is 11.7 Å². The van der Waals surface area contributed by atoms with Gasteiger partial charge in [0.05, 0.1) is 12.6 Å². The zero-order chi connectivity index (χ0) is 16.1. The normalized spacial score (nSPS) is 19.4. The highest BCUT2D eigenvalue weighted by Crippen LogP contribution is 2.22. The van der Waals surface area contributed by atoms with Gasteiger partial charge in [-0.2, -0.15) is 5.10 Å². The summed E-state index contributed by atoms with van der Waals surface area (Å²) in [5, 5.41) is 17.9. The van der Waals surface area contributed by atoms with Crippen LogP contribution in [0.15, 0.2) is 28.4 Å². The van der Waals surface area contributed by atoms with E-state index in [0.717, 1.165) is 18.0 Å². The van der Waals surface area contributed by atoms with Gasteiger partial charge in [-0.05, 0) is 12.1 Å². The number of carboxylic acid groups (broad SMARTS) is 1. The molecule has 1 atom stereocenters. The fourth-order valence-corrected chi connectivity index (χ4v) is 2.59.